The van der Waals surface area contributed by atoms with E-state index >= 15 is 0 Å². The molecule has 0 atom stereocenters. The van der Waals surface area contributed by atoms with Crippen molar-refractivity contribution in [3.8, 4) is 28.4 Å². The highest BCUT2D eigenvalue weighted by Crippen LogP contribution is 2.33. The zero-order valence-electron chi connectivity index (χ0n) is 12.6. The SMILES string of the molecule is OCc1nnn(-c2ccc3c(c2)OCCO3)c1-c1ccc(F)cc1. The Morgan fingerprint density at radius 1 is 1.04 bits per heavy atom. The Balaban J connectivity index is 1.84. The second kappa shape index (κ2) is 5.93. The zero-order valence-corrected chi connectivity index (χ0v) is 12.6. The van der Waals surface area contributed by atoms with E-state index in [1.54, 1.807) is 28.9 Å². The van der Waals surface area contributed by atoms with Gasteiger partial charge in [-0.1, -0.05) is 5.21 Å². The smallest absolute Gasteiger partial charge is 0.163 e. The monoisotopic (exact) mass is 327 g/mol. The largest absolute Gasteiger partial charge is 0.486 e. The van der Waals surface area contributed by atoms with Crippen LogP contribution >= 0.6 is 0 Å². The normalized spacial score (nSPS) is 13.1. The summed E-state index contributed by atoms with van der Waals surface area (Å²) in [7, 11) is 0. The molecule has 0 bridgehead atoms. The molecule has 24 heavy (non-hydrogen) atoms. The third-order valence-corrected chi connectivity index (χ3v) is 3.78. The van der Waals surface area contributed by atoms with Crippen molar-refractivity contribution in [2.45, 2.75) is 6.61 Å². The number of rotatable bonds is 3. The van der Waals surface area contributed by atoms with Gasteiger partial charge in [-0.15, -0.1) is 5.10 Å². The summed E-state index contributed by atoms with van der Waals surface area (Å²) in [5, 5.41) is 17.7. The van der Waals surface area contributed by atoms with Crippen LogP contribution in [0.5, 0.6) is 11.5 Å². The molecule has 7 heteroatoms. The zero-order chi connectivity index (χ0) is 16.5. The lowest BCUT2D eigenvalue weighted by Gasteiger charge is -2.19. The molecule has 0 spiro atoms. The number of benzene rings is 2. The van der Waals surface area contributed by atoms with Gasteiger partial charge >= 0.3 is 0 Å². The van der Waals surface area contributed by atoms with Gasteiger partial charge in [-0.2, -0.15) is 0 Å². The van der Waals surface area contributed by atoms with Crippen molar-refractivity contribution in [3.63, 3.8) is 0 Å². The van der Waals surface area contributed by atoms with Crippen LogP contribution in [0.4, 0.5) is 4.39 Å². The van der Waals surface area contributed by atoms with Gasteiger partial charge in [-0.05, 0) is 36.4 Å². The molecule has 2 heterocycles. The summed E-state index contributed by atoms with van der Waals surface area (Å²) >= 11 is 0. The van der Waals surface area contributed by atoms with Gasteiger partial charge in [0.1, 0.15) is 30.4 Å². The summed E-state index contributed by atoms with van der Waals surface area (Å²) in [6.07, 6.45) is 0. The van der Waals surface area contributed by atoms with E-state index in [1.165, 1.54) is 12.1 Å². The first-order chi connectivity index (χ1) is 11.8. The van der Waals surface area contributed by atoms with Crippen LogP contribution in [0, 0.1) is 5.82 Å². The van der Waals surface area contributed by atoms with Crippen LogP contribution in [0.3, 0.4) is 0 Å². The van der Waals surface area contributed by atoms with E-state index in [0.29, 0.717) is 47.4 Å². The van der Waals surface area contributed by atoms with Gasteiger partial charge in [0.25, 0.3) is 0 Å². The fourth-order valence-corrected chi connectivity index (χ4v) is 2.66. The highest BCUT2D eigenvalue weighted by atomic mass is 19.1. The molecule has 2 aromatic carbocycles. The summed E-state index contributed by atoms with van der Waals surface area (Å²) < 4.78 is 25.9. The highest BCUT2D eigenvalue weighted by Gasteiger charge is 2.18. The first-order valence-corrected chi connectivity index (χ1v) is 7.47. The van der Waals surface area contributed by atoms with Crippen molar-refractivity contribution >= 4 is 0 Å². The molecule has 0 unspecified atom stereocenters. The Bertz CT molecular complexity index is 877. The Morgan fingerprint density at radius 2 is 1.79 bits per heavy atom. The first-order valence-electron chi connectivity index (χ1n) is 7.47. The van der Waals surface area contributed by atoms with E-state index in [-0.39, 0.29) is 12.4 Å². The summed E-state index contributed by atoms with van der Waals surface area (Å²) in [6.45, 7) is 0.739. The van der Waals surface area contributed by atoms with E-state index < -0.39 is 0 Å². The number of aromatic nitrogens is 3. The minimum atomic E-state index is -0.331. The van der Waals surface area contributed by atoms with Crippen molar-refractivity contribution in [2.75, 3.05) is 13.2 Å². The van der Waals surface area contributed by atoms with Crippen LogP contribution in [0.1, 0.15) is 5.69 Å². The highest BCUT2D eigenvalue weighted by molar-refractivity contribution is 5.65. The van der Waals surface area contributed by atoms with Crippen LogP contribution in [-0.2, 0) is 6.61 Å². The minimum absolute atomic E-state index is 0.267. The van der Waals surface area contributed by atoms with Crippen molar-refractivity contribution in [2.24, 2.45) is 0 Å². The molecule has 0 aliphatic carbocycles. The topological polar surface area (TPSA) is 69.4 Å². The van der Waals surface area contributed by atoms with Gasteiger partial charge in [-0.25, -0.2) is 9.07 Å². The molecule has 0 radical (unpaired) electrons. The molecule has 4 rings (SSSR count). The predicted octanol–water partition coefficient (Wildman–Crippen LogP) is 2.34. The lowest BCUT2D eigenvalue weighted by Crippen LogP contribution is -2.15. The number of hydrogen-bond donors (Lipinski definition) is 1. The van der Waals surface area contributed by atoms with Crippen molar-refractivity contribution in [3.05, 3.63) is 54.0 Å². The molecule has 1 aliphatic rings. The number of ether oxygens (including phenoxy) is 2. The molecule has 122 valence electrons. The van der Waals surface area contributed by atoms with Crippen molar-refractivity contribution in [1.29, 1.82) is 0 Å². The molecule has 0 amide bonds. The Hall–Kier alpha value is -2.93. The molecular formula is C17H14FN3O3. The number of aliphatic hydroxyl groups excluding tert-OH is 1. The van der Waals surface area contributed by atoms with Gasteiger partial charge in [0, 0.05) is 11.6 Å². The Morgan fingerprint density at radius 3 is 2.54 bits per heavy atom. The fraction of sp³-hybridized carbons (Fsp3) is 0.176. The quantitative estimate of drug-likeness (QED) is 0.799. The molecule has 0 saturated heterocycles. The maximum Gasteiger partial charge on any atom is 0.163 e. The molecule has 0 saturated carbocycles. The molecule has 6 nitrogen and oxygen atoms in total. The second-order valence-electron chi connectivity index (χ2n) is 5.29. The van der Waals surface area contributed by atoms with Gasteiger partial charge < -0.3 is 14.6 Å². The van der Waals surface area contributed by atoms with Gasteiger partial charge in [-0.3, -0.25) is 0 Å². The van der Waals surface area contributed by atoms with Crippen molar-refractivity contribution in [1.82, 2.24) is 15.0 Å². The standard InChI is InChI=1S/C17H14FN3O3/c18-12-3-1-11(2-4-12)17-14(10-22)19-20-21(17)13-5-6-15-16(9-13)24-8-7-23-15/h1-6,9,22H,7-8,10H2. The van der Waals surface area contributed by atoms with Crippen LogP contribution in [-0.4, -0.2) is 33.3 Å². The molecule has 1 aliphatic heterocycles. The molecule has 0 fully saturated rings. The van der Waals surface area contributed by atoms with Crippen LogP contribution in [0.2, 0.25) is 0 Å². The van der Waals surface area contributed by atoms with E-state index in [9.17, 15) is 9.50 Å². The van der Waals surface area contributed by atoms with Crippen LogP contribution in [0.25, 0.3) is 16.9 Å². The van der Waals surface area contributed by atoms with Gasteiger partial charge in [0.05, 0.1) is 12.3 Å². The van der Waals surface area contributed by atoms with E-state index in [1.807, 2.05) is 6.07 Å². The number of nitrogens with zero attached hydrogens (tertiary/aromatic N) is 3. The van der Waals surface area contributed by atoms with Crippen molar-refractivity contribution < 1.29 is 19.0 Å². The van der Waals surface area contributed by atoms with Crippen LogP contribution in [0.15, 0.2) is 42.5 Å². The van der Waals surface area contributed by atoms with Crippen LogP contribution < -0.4 is 9.47 Å². The summed E-state index contributed by atoms with van der Waals surface area (Å²) in [6, 6.07) is 11.4. The van der Waals surface area contributed by atoms with Gasteiger partial charge in [0.15, 0.2) is 11.5 Å². The molecule has 1 aromatic heterocycles. The van der Waals surface area contributed by atoms with E-state index in [4.69, 9.17) is 9.47 Å². The summed E-state index contributed by atoms with van der Waals surface area (Å²) in [5.41, 5.74) is 2.44. The molecular weight excluding hydrogens is 313 g/mol. The number of halogens is 1. The average Bonchev–Trinajstić information content (AvgIpc) is 3.06. The Labute approximate surface area is 137 Å². The predicted molar refractivity (Wildman–Crippen MR) is 83.7 cm³/mol. The average molecular weight is 327 g/mol. The third-order valence-electron chi connectivity index (χ3n) is 3.78. The first kappa shape index (κ1) is 14.6. The minimum Gasteiger partial charge on any atom is -0.486 e. The third kappa shape index (κ3) is 2.48. The van der Waals surface area contributed by atoms with E-state index in [0.717, 1.165) is 0 Å². The molecule has 3 aromatic rings. The summed E-state index contributed by atoms with van der Waals surface area (Å²) in [4.78, 5) is 0. The fourth-order valence-electron chi connectivity index (χ4n) is 2.66. The lowest BCUT2D eigenvalue weighted by atomic mass is 10.1. The maximum atomic E-state index is 13.2. The van der Waals surface area contributed by atoms with E-state index in [2.05, 4.69) is 10.3 Å². The number of aliphatic hydroxyl groups is 1. The number of hydrogen-bond acceptors (Lipinski definition) is 5. The summed E-state index contributed by atoms with van der Waals surface area (Å²) in [5.74, 6) is 0.975. The lowest BCUT2D eigenvalue weighted by molar-refractivity contribution is 0.171. The Kier molecular flexibility index (Phi) is 3.62. The molecule has 1 N–H and O–H groups in total. The van der Waals surface area contributed by atoms with Gasteiger partial charge in [0.2, 0.25) is 0 Å². The maximum absolute atomic E-state index is 13.2. The number of fused-ring (bicyclic) bond motifs is 1. The second-order valence-corrected chi connectivity index (χ2v) is 5.29.